The number of benzene rings is 2. The van der Waals surface area contributed by atoms with Crippen LogP contribution in [-0.4, -0.2) is 48.0 Å². The van der Waals surface area contributed by atoms with E-state index < -0.39 is 48.0 Å². The van der Waals surface area contributed by atoms with Crippen LogP contribution in [0.4, 0.5) is 0 Å². The number of hydrogen-bond acceptors (Lipinski definition) is 14. The highest BCUT2D eigenvalue weighted by molar-refractivity contribution is 7.80. The Morgan fingerprint density at radius 2 is 1.70 bits per heavy atom. The van der Waals surface area contributed by atoms with Gasteiger partial charge in [0.1, 0.15) is 34.1 Å². The topological polar surface area (TPSA) is 167 Å². The predicted molar refractivity (Wildman–Crippen MR) is 131 cm³/mol. The fraction of sp³-hybridized carbons (Fsp3) is 0.190. The highest BCUT2D eigenvalue weighted by atomic mass is 32.9. The normalized spacial score (nSPS) is 11.1. The Kier molecular flexibility index (Phi) is 9.82. The van der Waals surface area contributed by atoms with Gasteiger partial charge in [-0.3, -0.25) is 0 Å². The van der Waals surface area contributed by atoms with Gasteiger partial charge in [-0.05, 0) is 48.0 Å². The molecule has 194 valence electrons. The van der Waals surface area contributed by atoms with Crippen LogP contribution in [0.5, 0.6) is 11.5 Å². The summed E-state index contributed by atoms with van der Waals surface area (Å²) in [5.41, 5.74) is 0.958. The molecule has 0 fully saturated rings. The van der Waals surface area contributed by atoms with Gasteiger partial charge in [-0.15, -0.1) is 20.2 Å². The van der Waals surface area contributed by atoms with E-state index in [0.717, 1.165) is 14.3 Å². The molecule has 0 N–H and O–H groups in total. The lowest BCUT2D eigenvalue weighted by molar-refractivity contribution is -0.790. The monoisotopic (exact) mass is 568 g/mol. The van der Waals surface area contributed by atoms with Crippen molar-refractivity contribution in [1.82, 2.24) is 0 Å². The van der Waals surface area contributed by atoms with Crippen LogP contribution in [-0.2, 0) is 19.2 Å². The van der Waals surface area contributed by atoms with E-state index in [0.29, 0.717) is 0 Å². The standard InChI is InChI=1S/C21H16N2O11S3/c24-19(31-10-15(34-23(28)29)11-32-22(26)27)12-30-17-4-2-1-3-16(17)21(25)33-14-7-5-13(6-8-14)18-9-20(35)37-36-18/h1-9,15H,10-12H2. The molecule has 3 aromatic rings. The fourth-order valence-electron chi connectivity index (χ4n) is 2.72. The lowest BCUT2D eigenvalue weighted by Crippen LogP contribution is -2.31. The largest absolute Gasteiger partial charge is 0.481 e. The Labute approximate surface area is 220 Å². The van der Waals surface area contributed by atoms with Crippen LogP contribution in [0.15, 0.2) is 54.6 Å². The van der Waals surface area contributed by atoms with Crippen molar-refractivity contribution < 1.29 is 43.6 Å². The summed E-state index contributed by atoms with van der Waals surface area (Å²) in [5.74, 6) is -1.41. The molecular weight excluding hydrogens is 552 g/mol. The molecule has 0 saturated carbocycles. The smallest absolute Gasteiger partial charge is 0.347 e. The van der Waals surface area contributed by atoms with E-state index in [2.05, 4.69) is 9.68 Å². The minimum Gasteiger partial charge on any atom is -0.481 e. The number of nitrogens with zero attached hydrogens (tertiary/aromatic N) is 2. The molecule has 0 spiro atoms. The average molecular weight is 569 g/mol. The molecule has 0 amide bonds. The van der Waals surface area contributed by atoms with Gasteiger partial charge in [0.25, 0.3) is 10.2 Å². The number of hydrogen-bond donors (Lipinski definition) is 0. The molecule has 0 bridgehead atoms. The Morgan fingerprint density at radius 1 is 0.973 bits per heavy atom. The van der Waals surface area contributed by atoms with Crippen LogP contribution < -0.4 is 9.47 Å². The quantitative estimate of drug-likeness (QED) is 0.0723. The Morgan fingerprint density at radius 3 is 2.35 bits per heavy atom. The van der Waals surface area contributed by atoms with Crippen LogP contribution in [0.3, 0.4) is 0 Å². The minimum absolute atomic E-state index is 0.0221. The molecule has 0 aliphatic carbocycles. The second kappa shape index (κ2) is 13.2. The molecular formula is C21H16N2O11S3. The van der Waals surface area contributed by atoms with Crippen molar-refractivity contribution >= 4 is 44.8 Å². The van der Waals surface area contributed by atoms with Crippen molar-refractivity contribution in [3.05, 3.63) is 84.2 Å². The number of para-hydroxylation sites is 1. The molecule has 1 heterocycles. The zero-order chi connectivity index (χ0) is 26.8. The van der Waals surface area contributed by atoms with Gasteiger partial charge in [0.05, 0.1) is 0 Å². The molecule has 3 rings (SSSR count). The maximum Gasteiger partial charge on any atom is 0.347 e. The second-order valence-corrected chi connectivity index (χ2v) is 9.76. The van der Waals surface area contributed by atoms with Crippen LogP contribution in [0.2, 0.25) is 0 Å². The van der Waals surface area contributed by atoms with Crippen molar-refractivity contribution in [1.29, 1.82) is 0 Å². The van der Waals surface area contributed by atoms with Crippen LogP contribution >= 0.6 is 32.9 Å². The molecule has 0 aliphatic heterocycles. The first kappa shape index (κ1) is 27.4. The van der Waals surface area contributed by atoms with Crippen LogP contribution in [0.1, 0.15) is 10.4 Å². The zero-order valence-corrected chi connectivity index (χ0v) is 21.0. The van der Waals surface area contributed by atoms with E-state index in [-0.39, 0.29) is 17.1 Å². The third-order valence-corrected chi connectivity index (χ3v) is 7.21. The molecule has 13 nitrogen and oxygen atoms in total. The number of ether oxygens (including phenoxy) is 3. The molecule has 1 aromatic heterocycles. The minimum atomic E-state index is -1.53. The van der Waals surface area contributed by atoms with Crippen molar-refractivity contribution in [2.75, 3.05) is 19.8 Å². The van der Waals surface area contributed by atoms with E-state index in [9.17, 15) is 29.8 Å². The zero-order valence-electron chi connectivity index (χ0n) is 18.5. The molecule has 0 aliphatic rings. The van der Waals surface area contributed by atoms with Crippen molar-refractivity contribution in [3.8, 4) is 21.9 Å². The Bertz CT molecular complexity index is 1320. The molecule has 1 atom stereocenters. The summed E-state index contributed by atoms with van der Waals surface area (Å²) in [6.07, 6.45) is -1.53. The van der Waals surface area contributed by atoms with Gasteiger partial charge >= 0.3 is 11.9 Å². The summed E-state index contributed by atoms with van der Waals surface area (Å²) in [5, 5.41) is 18.3. The first-order chi connectivity index (χ1) is 17.7. The van der Waals surface area contributed by atoms with Gasteiger partial charge in [-0.25, -0.2) is 9.59 Å². The molecule has 37 heavy (non-hydrogen) atoms. The first-order valence-corrected chi connectivity index (χ1v) is 12.7. The maximum absolute atomic E-state index is 12.7. The lowest BCUT2D eigenvalue weighted by atomic mass is 10.2. The van der Waals surface area contributed by atoms with Gasteiger partial charge in [-0.1, -0.05) is 45.0 Å². The van der Waals surface area contributed by atoms with E-state index in [4.69, 9.17) is 26.4 Å². The Balaban J connectivity index is 1.56. The van der Waals surface area contributed by atoms with Crippen molar-refractivity contribution in [2.24, 2.45) is 0 Å². The molecule has 2 aromatic carbocycles. The summed E-state index contributed by atoms with van der Waals surface area (Å²) in [6.45, 7) is -2.22. The van der Waals surface area contributed by atoms with E-state index >= 15 is 0 Å². The fourth-order valence-corrected chi connectivity index (χ4v) is 5.12. The van der Waals surface area contributed by atoms with Gasteiger partial charge in [-0.2, -0.15) is 0 Å². The second-order valence-electron chi connectivity index (χ2n) is 6.85. The number of esters is 2. The summed E-state index contributed by atoms with van der Waals surface area (Å²) in [4.78, 5) is 54.6. The highest BCUT2D eigenvalue weighted by Gasteiger charge is 2.20. The van der Waals surface area contributed by atoms with Gasteiger partial charge < -0.3 is 23.9 Å². The third-order valence-electron chi connectivity index (χ3n) is 4.30. The predicted octanol–water partition coefficient (Wildman–Crippen LogP) is 4.13. The number of carbonyl (C=O) groups excluding carboxylic acids is 2. The maximum atomic E-state index is 12.7. The lowest BCUT2D eigenvalue weighted by Gasteiger charge is -2.14. The highest BCUT2D eigenvalue weighted by Crippen LogP contribution is 2.30. The van der Waals surface area contributed by atoms with Crippen molar-refractivity contribution in [2.45, 2.75) is 6.10 Å². The van der Waals surface area contributed by atoms with Crippen LogP contribution in [0.25, 0.3) is 10.4 Å². The summed E-state index contributed by atoms with van der Waals surface area (Å²) >= 11 is 5.14. The summed E-state index contributed by atoms with van der Waals surface area (Å²) in [7, 11) is 3.04. The molecule has 1 unspecified atom stereocenters. The van der Waals surface area contributed by atoms with Gasteiger partial charge in [0.2, 0.25) is 0 Å². The number of carbonyl (C=O) groups is 2. The van der Waals surface area contributed by atoms with E-state index in [1.807, 2.05) is 6.07 Å². The first-order valence-electron chi connectivity index (χ1n) is 10.1. The van der Waals surface area contributed by atoms with Crippen molar-refractivity contribution in [3.63, 3.8) is 0 Å². The molecule has 16 heteroatoms. The summed E-state index contributed by atoms with van der Waals surface area (Å²) in [6, 6.07) is 14.7. The SMILES string of the molecule is O=C(COc1ccccc1C(=O)Oc1ccc(-c2cc(=S)ss2)cc1)OCC(CO[N+](=O)[O-])O[N+](=O)[O-]. The third kappa shape index (κ3) is 8.78. The van der Waals surface area contributed by atoms with Gasteiger partial charge in [0, 0.05) is 4.88 Å². The summed E-state index contributed by atoms with van der Waals surface area (Å²) < 4.78 is 16.3. The number of rotatable bonds is 13. The van der Waals surface area contributed by atoms with E-state index in [1.54, 1.807) is 46.7 Å². The van der Waals surface area contributed by atoms with Gasteiger partial charge in [0.15, 0.2) is 12.7 Å². The average Bonchev–Trinajstić information content (AvgIpc) is 3.30. The Hall–Kier alpha value is -4.15. The molecule has 0 radical (unpaired) electrons. The molecule has 0 saturated heterocycles. The van der Waals surface area contributed by atoms with E-state index in [1.165, 1.54) is 22.5 Å². The van der Waals surface area contributed by atoms with Crippen LogP contribution in [0, 0.1) is 24.1 Å².